The molecule has 2 heteroatoms. The van der Waals surface area contributed by atoms with E-state index in [2.05, 4.69) is 16.8 Å². The van der Waals surface area contributed by atoms with E-state index in [1.807, 2.05) is 42.5 Å². The topological polar surface area (TPSA) is 28.1 Å². The van der Waals surface area contributed by atoms with Gasteiger partial charge in [0.05, 0.1) is 0 Å². The van der Waals surface area contributed by atoms with Crippen molar-refractivity contribution in [1.29, 1.82) is 5.39 Å². The lowest BCUT2D eigenvalue weighted by Crippen LogP contribution is -1.74. The van der Waals surface area contributed by atoms with Crippen LogP contribution in [-0.4, -0.2) is 0 Å². The van der Waals surface area contributed by atoms with Gasteiger partial charge in [-0.25, -0.2) is 0 Å². The second-order valence-corrected chi connectivity index (χ2v) is 3.26. The molecule has 0 spiro atoms. The maximum absolute atomic E-state index is 8.53. The molecule has 0 aliphatic heterocycles. The molecular formula is C14H9N2+. The van der Waals surface area contributed by atoms with Crippen molar-refractivity contribution in [2.24, 2.45) is 0 Å². The maximum Gasteiger partial charge on any atom is 0.385 e. The Morgan fingerprint density at radius 3 is 1.88 bits per heavy atom. The van der Waals surface area contributed by atoms with E-state index in [-0.39, 0.29) is 0 Å². The number of hydrogen-bond donors (Lipinski definition) is 0. The summed E-state index contributed by atoms with van der Waals surface area (Å²) in [6, 6.07) is 16.9. The largest absolute Gasteiger partial charge is 0.385 e. The van der Waals surface area contributed by atoms with Gasteiger partial charge in [0, 0.05) is 23.3 Å². The van der Waals surface area contributed by atoms with Gasteiger partial charge < -0.3 is 0 Å². The van der Waals surface area contributed by atoms with E-state index in [1.54, 1.807) is 12.1 Å². The Bertz CT molecular complexity index is 566. The number of benzene rings is 2. The Labute approximate surface area is 94.2 Å². The molecule has 2 aromatic rings. The molecule has 0 atom stereocenters. The highest BCUT2D eigenvalue weighted by molar-refractivity contribution is 5.50. The molecule has 0 fully saturated rings. The first-order valence-electron chi connectivity index (χ1n) is 4.91. The molecule has 2 nitrogen and oxygen atoms in total. The minimum absolute atomic E-state index is 0.533. The fourth-order valence-electron chi connectivity index (χ4n) is 1.28. The number of rotatable bonds is 0. The molecular weight excluding hydrogens is 196 g/mol. The average Bonchev–Trinajstić information content (AvgIpc) is 2.38. The maximum atomic E-state index is 8.53. The Kier molecular flexibility index (Phi) is 2.97. The highest BCUT2D eigenvalue weighted by atomic mass is 14.8. The number of hydrogen-bond acceptors (Lipinski definition) is 1. The summed E-state index contributed by atoms with van der Waals surface area (Å²) < 4.78 is 0. The van der Waals surface area contributed by atoms with E-state index in [1.165, 1.54) is 0 Å². The summed E-state index contributed by atoms with van der Waals surface area (Å²) in [7, 11) is 0. The predicted octanol–water partition coefficient (Wildman–Crippen LogP) is 3.57. The van der Waals surface area contributed by atoms with Crippen molar-refractivity contribution in [1.82, 2.24) is 0 Å². The summed E-state index contributed by atoms with van der Waals surface area (Å²) in [6.45, 7) is 0. The van der Waals surface area contributed by atoms with Crippen molar-refractivity contribution in [2.75, 3.05) is 0 Å². The van der Waals surface area contributed by atoms with Gasteiger partial charge in [0.25, 0.3) is 0 Å². The van der Waals surface area contributed by atoms with Gasteiger partial charge in [-0.1, -0.05) is 30.0 Å². The monoisotopic (exact) mass is 205 g/mol. The molecule has 16 heavy (non-hydrogen) atoms. The van der Waals surface area contributed by atoms with Crippen molar-refractivity contribution < 1.29 is 0 Å². The Morgan fingerprint density at radius 1 is 0.750 bits per heavy atom. The van der Waals surface area contributed by atoms with Crippen LogP contribution in [0.4, 0.5) is 5.69 Å². The zero-order valence-corrected chi connectivity index (χ0v) is 8.59. The van der Waals surface area contributed by atoms with Gasteiger partial charge in [-0.15, -0.1) is 0 Å². The van der Waals surface area contributed by atoms with Gasteiger partial charge in [-0.05, 0) is 24.3 Å². The second kappa shape index (κ2) is 4.77. The van der Waals surface area contributed by atoms with Crippen LogP contribution in [0.3, 0.4) is 0 Å². The van der Waals surface area contributed by atoms with E-state index in [4.69, 9.17) is 5.39 Å². The van der Waals surface area contributed by atoms with Gasteiger partial charge in [0.15, 0.2) is 4.98 Å². The molecule has 0 radical (unpaired) electrons. The van der Waals surface area contributed by atoms with E-state index >= 15 is 0 Å². The van der Waals surface area contributed by atoms with E-state index in [9.17, 15) is 0 Å². The van der Waals surface area contributed by atoms with Crippen LogP contribution in [0.2, 0.25) is 0 Å². The quantitative estimate of drug-likeness (QED) is 0.477. The zero-order valence-electron chi connectivity index (χ0n) is 8.59. The normalized spacial score (nSPS) is 8.69. The summed E-state index contributed by atoms with van der Waals surface area (Å²) >= 11 is 0. The third-order valence-electron chi connectivity index (χ3n) is 2.11. The van der Waals surface area contributed by atoms with Crippen molar-refractivity contribution in [2.45, 2.75) is 0 Å². The summed E-state index contributed by atoms with van der Waals surface area (Å²) in [6.07, 6.45) is 0. The molecule has 0 heterocycles. The first-order valence-corrected chi connectivity index (χ1v) is 4.91. The van der Waals surface area contributed by atoms with Crippen LogP contribution in [0.5, 0.6) is 0 Å². The van der Waals surface area contributed by atoms with Crippen LogP contribution in [0.1, 0.15) is 11.1 Å². The lowest BCUT2D eigenvalue weighted by molar-refractivity contribution is 1.46. The first-order chi connectivity index (χ1) is 7.88. The third-order valence-corrected chi connectivity index (χ3v) is 2.11. The van der Waals surface area contributed by atoms with E-state index < -0.39 is 0 Å². The van der Waals surface area contributed by atoms with Crippen molar-refractivity contribution >= 4 is 5.69 Å². The molecule has 0 amide bonds. The molecule has 0 aliphatic carbocycles. The van der Waals surface area contributed by atoms with Gasteiger partial charge in [0.2, 0.25) is 5.39 Å². The van der Waals surface area contributed by atoms with E-state index in [0.29, 0.717) is 5.69 Å². The summed E-state index contributed by atoms with van der Waals surface area (Å²) in [5.41, 5.74) is 2.42. The highest BCUT2D eigenvalue weighted by Gasteiger charge is 2.00. The Hall–Kier alpha value is -2.58. The summed E-state index contributed by atoms with van der Waals surface area (Å²) in [5.74, 6) is 6.09. The van der Waals surface area contributed by atoms with Gasteiger partial charge in [0.1, 0.15) is 0 Å². The number of nitrogens with zero attached hydrogens (tertiary/aromatic N) is 2. The molecule has 0 bridgehead atoms. The van der Waals surface area contributed by atoms with Crippen molar-refractivity contribution in [3.8, 4) is 11.8 Å². The molecule has 0 saturated heterocycles. The molecule has 0 saturated carbocycles. The van der Waals surface area contributed by atoms with E-state index in [0.717, 1.165) is 11.1 Å². The smallest absolute Gasteiger partial charge is 0.0622 e. The van der Waals surface area contributed by atoms with Crippen LogP contribution < -0.4 is 0 Å². The summed E-state index contributed by atoms with van der Waals surface area (Å²) in [4.78, 5) is 3.08. The lowest BCUT2D eigenvalue weighted by atomic mass is 10.2. The van der Waals surface area contributed by atoms with Crippen LogP contribution in [-0.2, 0) is 0 Å². The van der Waals surface area contributed by atoms with Gasteiger partial charge in [-0.3, -0.25) is 0 Å². The zero-order chi connectivity index (χ0) is 11.2. The van der Waals surface area contributed by atoms with Crippen LogP contribution in [0.25, 0.3) is 4.98 Å². The predicted molar refractivity (Wildman–Crippen MR) is 63.6 cm³/mol. The molecule has 74 valence electrons. The SMILES string of the molecule is N#[N+]c1ccc(C#Cc2ccccc2)cc1. The molecule has 2 rings (SSSR count). The molecule has 0 N–H and O–H groups in total. The first kappa shape index (κ1) is 9.96. The van der Waals surface area contributed by atoms with Gasteiger partial charge in [-0.2, -0.15) is 0 Å². The fourth-order valence-corrected chi connectivity index (χ4v) is 1.28. The van der Waals surface area contributed by atoms with Crippen LogP contribution >= 0.6 is 0 Å². The fraction of sp³-hybridized carbons (Fsp3) is 0. The van der Waals surface area contributed by atoms with Crippen LogP contribution in [0, 0.1) is 17.2 Å². The Morgan fingerprint density at radius 2 is 1.31 bits per heavy atom. The van der Waals surface area contributed by atoms with Crippen molar-refractivity contribution in [3.63, 3.8) is 0 Å². The molecule has 0 unspecified atom stereocenters. The standard InChI is InChI=1S/C14H9N2/c15-16-14-10-8-13(9-11-14)7-6-12-4-2-1-3-5-12/h1-5,8-11H/q+1. The minimum atomic E-state index is 0.533. The molecule has 0 aliphatic rings. The number of diazo groups is 1. The molecule has 2 aromatic carbocycles. The highest BCUT2D eigenvalue weighted by Crippen LogP contribution is 2.11. The van der Waals surface area contributed by atoms with Crippen molar-refractivity contribution in [3.05, 3.63) is 70.7 Å². The minimum Gasteiger partial charge on any atom is -0.0622 e. The van der Waals surface area contributed by atoms with Crippen LogP contribution in [0.15, 0.2) is 54.6 Å². The molecule has 0 aromatic heterocycles. The summed E-state index contributed by atoms with van der Waals surface area (Å²) in [5, 5.41) is 8.53. The lowest BCUT2D eigenvalue weighted by Gasteiger charge is -1.87. The Balaban J connectivity index is 2.22. The third kappa shape index (κ3) is 2.47. The van der Waals surface area contributed by atoms with Gasteiger partial charge >= 0.3 is 5.69 Å². The second-order valence-electron chi connectivity index (χ2n) is 3.26. The average molecular weight is 205 g/mol.